The molecular weight excluding hydrogens is 323 g/mol. The van der Waals surface area contributed by atoms with Crippen LogP contribution in [0, 0.1) is 5.82 Å². The van der Waals surface area contributed by atoms with E-state index in [0.717, 1.165) is 31.0 Å². The number of urea groups is 1. The Hall–Kier alpha value is -2.54. The van der Waals surface area contributed by atoms with Crippen LogP contribution in [0.3, 0.4) is 0 Å². The van der Waals surface area contributed by atoms with E-state index < -0.39 is 17.4 Å². The Morgan fingerprint density at radius 1 is 1.28 bits per heavy atom. The van der Waals surface area contributed by atoms with Crippen LogP contribution >= 0.6 is 0 Å². The van der Waals surface area contributed by atoms with Gasteiger partial charge in [0.2, 0.25) is 0 Å². The molecular formula is C18H19FN4O2. The highest BCUT2D eigenvalue weighted by molar-refractivity contribution is 5.91. The average molecular weight is 342 g/mol. The Morgan fingerprint density at radius 2 is 2.08 bits per heavy atom. The minimum Gasteiger partial charge on any atom is -0.385 e. The Balaban J connectivity index is 1.82. The molecule has 1 aliphatic carbocycles. The van der Waals surface area contributed by atoms with Crippen LogP contribution in [0.15, 0.2) is 24.7 Å². The van der Waals surface area contributed by atoms with Crippen molar-refractivity contribution in [3.63, 3.8) is 0 Å². The van der Waals surface area contributed by atoms with Gasteiger partial charge in [0, 0.05) is 35.6 Å². The van der Waals surface area contributed by atoms with E-state index in [-0.39, 0.29) is 5.56 Å². The van der Waals surface area contributed by atoms with Gasteiger partial charge in [0.1, 0.15) is 11.6 Å². The van der Waals surface area contributed by atoms with Crippen LogP contribution in [0.1, 0.15) is 36.8 Å². The lowest BCUT2D eigenvalue weighted by atomic mass is 9.73. The van der Waals surface area contributed by atoms with Gasteiger partial charge in [0.05, 0.1) is 11.8 Å². The number of nitrogens with two attached hydrogens (primary N) is 1. The van der Waals surface area contributed by atoms with Gasteiger partial charge in [0.25, 0.3) is 0 Å². The molecule has 0 spiro atoms. The Morgan fingerprint density at radius 3 is 2.76 bits per heavy atom. The summed E-state index contributed by atoms with van der Waals surface area (Å²) in [6.45, 7) is 0.543. The summed E-state index contributed by atoms with van der Waals surface area (Å²) < 4.78 is 14.4. The summed E-state index contributed by atoms with van der Waals surface area (Å²) in [5.74, 6) is 0.0481. The minimum absolute atomic E-state index is 0.290. The van der Waals surface area contributed by atoms with Crippen LogP contribution in [-0.4, -0.2) is 27.7 Å². The molecule has 6 nitrogen and oxygen atoms in total. The van der Waals surface area contributed by atoms with Crippen molar-refractivity contribution in [2.45, 2.75) is 37.7 Å². The first kappa shape index (κ1) is 16.0. The normalized spacial score (nSPS) is 18.4. The molecule has 2 aromatic heterocycles. The number of aryl methyl sites for hydroxylation is 1. The van der Waals surface area contributed by atoms with Gasteiger partial charge in [-0.1, -0.05) is 0 Å². The van der Waals surface area contributed by atoms with E-state index in [1.165, 1.54) is 4.90 Å². The van der Waals surface area contributed by atoms with Gasteiger partial charge in [0.15, 0.2) is 0 Å². The number of aliphatic hydroxyl groups is 1. The van der Waals surface area contributed by atoms with Crippen LogP contribution in [0.4, 0.5) is 15.0 Å². The van der Waals surface area contributed by atoms with Gasteiger partial charge in [-0.15, -0.1) is 0 Å². The molecule has 0 aromatic carbocycles. The van der Waals surface area contributed by atoms with Gasteiger partial charge >= 0.3 is 6.03 Å². The molecule has 0 saturated heterocycles. The third-order valence-electron chi connectivity index (χ3n) is 5.15. The molecule has 2 aromatic rings. The molecule has 0 bridgehead atoms. The minimum atomic E-state index is -1.14. The zero-order chi connectivity index (χ0) is 17.6. The zero-order valence-electron chi connectivity index (χ0n) is 13.7. The number of rotatable bonds is 2. The molecule has 130 valence electrons. The Bertz CT molecular complexity index is 851. The first-order valence-corrected chi connectivity index (χ1v) is 8.42. The lowest BCUT2D eigenvalue weighted by molar-refractivity contribution is -0.0411. The van der Waals surface area contributed by atoms with Crippen molar-refractivity contribution in [2.24, 2.45) is 5.73 Å². The van der Waals surface area contributed by atoms with Crippen molar-refractivity contribution in [1.29, 1.82) is 0 Å². The monoisotopic (exact) mass is 342 g/mol. The second-order valence-electron chi connectivity index (χ2n) is 6.73. The van der Waals surface area contributed by atoms with E-state index in [1.54, 1.807) is 12.4 Å². The van der Waals surface area contributed by atoms with Crippen molar-refractivity contribution in [1.82, 2.24) is 9.97 Å². The molecule has 3 heterocycles. The number of carbonyl (C=O) groups is 1. The van der Waals surface area contributed by atoms with Gasteiger partial charge in [-0.05, 0) is 43.7 Å². The van der Waals surface area contributed by atoms with E-state index >= 15 is 0 Å². The fraction of sp³-hybridized carbons (Fsp3) is 0.389. The smallest absolute Gasteiger partial charge is 0.320 e. The maximum Gasteiger partial charge on any atom is 0.320 e. The topological polar surface area (TPSA) is 92.3 Å². The summed E-state index contributed by atoms with van der Waals surface area (Å²) in [4.78, 5) is 21.4. The first-order valence-electron chi connectivity index (χ1n) is 8.42. The van der Waals surface area contributed by atoms with Crippen molar-refractivity contribution in [2.75, 3.05) is 11.4 Å². The number of fused-ring (bicyclic) bond motifs is 1. The number of pyridine rings is 2. The molecule has 0 unspecified atom stereocenters. The zero-order valence-corrected chi connectivity index (χ0v) is 13.7. The molecule has 7 heteroatoms. The lowest BCUT2D eigenvalue weighted by Gasteiger charge is -2.38. The quantitative estimate of drug-likeness (QED) is 0.877. The maximum absolute atomic E-state index is 14.4. The Labute approximate surface area is 144 Å². The molecule has 2 amide bonds. The lowest BCUT2D eigenvalue weighted by Crippen LogP contribution is -2.40. The van der Waals surface area contributed by atoms with Gasteiger partial charge < -0.3 is 10.8 Å². The highest BCUT2D eigenvalue weighted by Crippen LogP contribution is 2.46. The number of amides is 2. The van der Waals surface area contributed by atoms with Crippen molar-refractivity contribution < 1.29 is 14.3 Å². The van der Waals surface area contributed by atoms with Gasteiger partial charge in [-0.25, -0.2) is 14.2 Å². The fourth-order valence-electron chi connectivity index (χ4n) is 3.71. The Kier molecular flexibility index (Phi) is 3.68. The van der Waals surface area contributed by atoms with Gasteiger partial charge in [-0.2, -0.15) is 0 Å². The highest BCUT2D eigenvalue weighted by Gasteiger charge is 2.40. The van der Waals surface area contributed by atoms with Crippen molar-refractivity contribution >= 4 is 11.8 Å². The number of halogens is 1. The van der Waals surface area contributed by atoms with E-state index in [4.69, 9.17) is 5.73 Å². The van der Waals surface area contributed by atoms with Crippen LogP contribution in [0.5, 0.6) is 0 Å². The second kappa shape index (κ2) is 5.77. The summed E-state index contributed by atoms with van der Waals surface area (Å²) in [7, 11) is 0. The van der Waals surface area contributed by atoms with Crippen molar-refractivity contribution in [3.05, 3.63) is 41.6 Å². The largest absolute Gasteiger partial charge is 0.385 e. The van der Waals surface area contributed by atoms with Crippen LogP contribution < -0.4 is 10.6 Å². The summed E-state index contributed by atoms with van der Waals surface area (Å²) >= 11 is 0. The maximum atomic E-state index is 14.4. The van der Waals surface area contributed by atoms with Crippen LogP contribution in [-0.2, 0) is 12.0 Å². The summed E-state index contributed by atoms with van der Waals surface area (Å²) in [5.41, 5.74) is 6.69. The molecule has 1 aliphatic heterocycles. The predicted octanol–water partition coefficient (Wildman–Crippen LogP) is 2.49. The van der Waals surface area contributed by atoms with E-state index in [0.29, 0.717) is 36.3 Å². The number of carbonyl (C=O) groups excluding carboxylic acids is 1. The molecule has 1 saturated carbocycles. The average Bonchev–Trinajstić information content (AvgIpc) is 2.58. The summed E-state index contributed by atoms with van der Waals surface area (Å²) in [6, 6.07) is 1.36. The third kappa shape index (κ3) is 2.55. The number of hydrogen-bond acceptors (Lipinski definition) is 4. The molecule has 1 fully saturated rings. The predicted molar refractivity (Wildman–Crippen MR) is 90.4 cm³/mol. The summed E-state index contributed by atoms with van der Waals surface area (Å²) in [6.07, 6.45) is 7.78. The van der Waals surface area contributed by atoms with E-state index in [2.05, 4.69) is 9.97 Å². The molecule has 0 radical (unpaired) electrons. The molecule has 25 heavy (non-hydrogen) atoms. The molecule has 3 N–H and O–H groups in total. The molecule has 4 rings (SSSR count). The molecule has 2 aliphatic rings. The standard InChI is InChI=1S/C18H19FN4O2/c19-14-10-21-9-13(15(14)18(25)4-2-5-18)12-7-11-3-1-6-23(17(20)24)16(11)22-8-12/h7-10,25H,1-6H2,(H2,20,24). The van der Waals surface area contributed by atoms with E-state index in [1.807, 2.05) is 6.07 Å². The van der Waals surface area contributed by atoms with E-state index in [9.17, 15) is 14.3 Å². The number of hydrogen-bond donors (Lipinski definition) is 2. The number of aromatic nitrogens is 2. The number of nitrogens with zero attached hydrogens (tertiary/aromatic N) is 3. The van der Waals surface area contributed by atoms with Gasteiger partial charge in [-0.3, -0.25) is 9.88 Å². The fourth-order valence-corrected chi connectivity index (χ4v) is 3.71. The first-order chi connectivity index (χ1) is 12.0. The van der Waals surface area contributed by atoms with Crippen LogP contribution in [0.25, 0.3) is 11.1 Å². The summed E-state index contributed by atoms with van der Waals surface area (Å²) in [5, 5.41) is 10.7. The number of primary amides is 1. The second-order valence-corrected chi connectivity index (χ2v) is 6.73. The number of anilines is 1. The molecule has 0 atom stereocenters. The van der Waals surface area contributed by atoms with Crippen molar-refractivity contribution in [3.8, 4) is 11.1 Å². The third-order valence-corrected chi connectivity index (χ3v) is 5.15. The highest BCUT2D eigenvalue weighted by atomic mass is 19.1. The van der Waals surface area contributed by atoms with Crippen LogP contribution in [0.2, 0.25) is 0 Å². The SMILES string of the molecule is NC(=O)N1CCCc2cc(-c3cncc(F)c3C3(O)CCC3)cnc21.